The van der Waals surface area contributed by atoms with Crippen LogP contribution in [0.4, 0.5) is 8.78 Å². The van der Waals surface area contributed by atoms with Gasteiger partial charge in [-0.25, -0.2) is 8.78 Å². The normalized spacial score (nSPS) is 12.4. The molecule has 112 valence electrons. The van der Waals surface area contributed by atoms with E-state index in [1.807, 2.05) is 19.1 Å². The van der Waals surface area contributed by atoms with Crippen LogP contribution in [-0.4, -0.2) is 6.54 Å². The fraction of sp³-hybridized carbons (Fsp3) is 0.250. The molecule has 0 bridgehead atoms. The van der Waals surface area contributed by atoms with Crippen molar-refractivity contribution < 1.29 is 8.78 Å². The molecule has 0 aliphatic heterocycles. The molecule has 0 saturated heterocycles. The molecule has 0 heterocycles. The summed E-state index contributed by atoms with van der Waals surface area (Å²) < 4.78 is 28.0. The number of hydrogen-bond acceptors (Lipinski definition) is 1. The molecule has 0 fully saturated rings. The molecule has 0 saturated carbocycles. The largest absolute Gasteiger partial charge is 0.310 e. The van der Waals surface area contributed by atoms with E-state index < -0.39 is 11.6 Å². The Balaban J connectivity index is 2.32. The Labute approximate surface area is 136 Å². The van der Waals surface area contributed by atoms with Crippen molar-refractivity contribution in [2.24, 2.45) is 0 Å². The van der Waals surface area contributed by atoms with Gasteiger partial charge in [-0.3, -0.25) is 0 Å². The van der Waals surface area contributed by atoms with E-state index in [1.54, 1.807) is 12.1 Å². The van der Waals surface area contributed by atoms with Gasteiger partial charge in [0.1, 0.15) is 0 Å². The SMILES string of the molecule is CCNC(Cc1cccc(F)c1F)c1cc(Cl)cc(Br)c1. The maximum absolute atomic E-state index is 13.8. The van der Waals surface area contributed by atoms with Crippen molar-refractivity contribution in [2.75, 3.05) is 6.54 Å². The average molecular weight is 375 g/mol. The summed E-state index contributed by atoms with van der Waals surface area (Å²) in [5, 5.41) is 3.88. The van der Waals surface area contributed by atoms with Crippen LogP contribution in [0.3, 0.4) is 0 Å². The first-order chi connectivity index (χ1) is 10.0. The van der Waals surface area contributed by atoms with Crippen molar-refractivity contribution in [3.8, 4) is 0 Å². The highest BCUT2D eigenvalue weighted by molar-refractivity contribution is 9.10. The van der Waals surface area contributed by atoms with Crippen LogP contribution in [0.1, 0.15) is 24.1 Å². The van der Waals surface area contributed by atoms with Crippen LogP contribution in [0, 0.1) is 11.6 Å². The second kappa shape index (κ2) is 7.34. The molecular weight excluding hydrogens is 360 g/mol. The van der Waals surface area contributed by atoms with Gasteiger partial charge in [-0.2, -0.15) is 0 Å². The van der Waals surface area contributed by atoms with Crippen LogP contribution >= 0.6 is 27.5 Å². The minimum absolute atomic E-state index is 0.138. The fourth-order valence-electron chi connectivity index (χ4n) is 2.26. The van der Waals surface area contributed by atoms with Gasteiger partial charge in [-0.1, -0.05) is 46.6 Å². The lowest BCUT2D eigenvalue weighted by molar-refractivity contribution is 0.481. The zero-order valence-electron chi connectivity index (χ0n) is 11.5. The van der Waals surface area contributed by atoms with Gasteiger partial charge in [-0.05, 0) is 48.4 Å². The first-order valence-corrected chi connectivity index (χ1v) is 7.80. The lowest BCUT2D eigenvalue weighted by Crippen LogP contribution is -2.23. The maximum Gasteiger partial charge on any atom is 0.162 e. The number of benzene rings is 2. The number of nitrogens with one attached hydrogen (secondary N) is 1. The Kier molecular flexibility index (Phi) is 5.73. The molecule has 0 amide bonds. The lowest BCUT2D eigenvalue weighted by atomic mass is 9.98. The third-order valence-electron chi connectivity index (χ3n) is 3.19. The predicted molar refractivity (Wildman–Crippen MR) is 85.6 cm³/mol. The minimum Gasteiger partial charge on any atom is -0.310 e. The first-order valence-electron chi connectivity index (χ1n) is 6.63. The van der Waals surface area contributed by atoms with Gasteiger partial charge in [-0.15, -0.1) is 0 Å². The minimum atomic E-state index is -0.824. The third-order valence-corrected chi connectivity index (χ3v) is 3.87. The van der Waals surface area contributed by atoms with E-state index in [9.17, 15) is 8.78 Å². The van der Waals surface area contributed by atoms with E-state index >= 15 is 0 Å². The standard InChI is InChI=1S/C16H15BrClF2N/c1-2-21-15(11-6-12(17)9-13(18)7-11)8-10-4-3-5-14(19)16(10)20/h3-7,9,15,21H,2,8H2,1H3. The Morgan fingerprint density at radius 2 is 2.00 bits per heavy atom. The molecule has 21 heavy (non-hydrogen) atoms. The van der Waals surface area contributed by atoms with E-state index in [4.69, 9.17) is 11.6 Å². The smallest absolute Gasteiger partial charge is 0.162 e. The van der Waals surface area contributed by atoms with Gasteiger partial charge in [0.25, 0.3) is 0 Å². The van der Waals surface area contributed by atoms with Gasteiger partial charge in [0.15, 0.2) is 11.6 Å². The highest BCUT2D eigenvalue weighted by atomic mass is 79.9. The van der Waals surface area contributed by atoms with Crippen LogP contribution in [0.25, 0.3) is 0 Å². The molecule has 0 aromatic heterocycles. The molecule has 2 aromatic carbocycles. The molecular formula is C16H15BrClF2N. The molecule has 2 aromatic rings. The van der Waals surface area contributed by atoms with Crippen LogP contribution < -0.4 is 5.32 Å². The molecule has 1 nitrogen and oxygen atoms in total. The van der Waals surface area contributed by atoms with Gasteiger partial charge in [0.05, 0.1) is 0 Å². The third kappa shape index (κ3) is 4.25. The maximum atomic E-state index is 13.8. The van der Waals surface area contributed by atoms with Crippen LogP contribution in [0.15, 0.2) is 40.9 Å². The number of likely N-dealkylation sites (N-methyl/N-ethyl adjacent to an activating group) is 1. The van der Waals surface area contributed by atoms with Crippen LogP contribution in [-0.2, 0) is 6.42 Å². The van der Waals surface area contributed by atoms with E-state index in [-0.39, 0.29) is 6.04 Å². The van der Waals surface area contributed by atoms with Gasteiger partial charge in [0.2, 0.25) is 0 Å². The van der Waals surface area contributed by atoms with Crippen molar-refractivity contribution in [1.82, 2.24) is 5.32 Å². The van der Waals surface area contributed by atoms with Crippen molar-refractivity contribution in [3.05, 3.63) is 68.7 Å². The molecule has 1 N–H and O–H groups in total. The molecule has 0 aliphatic carbocycles. The Morgan fingerprint density at radius 1 is 1.24 bits per heavy atom. The molecule has 1 unspecified atom stereocenters. The fourth-order valence-corrected chi connectivity index (χ4v) is 3.14. The van der Waals surface area contributed by atoms with Crippen molar-refractivity contribution >= 4 is 27.5 Å². The van der Waals surface area contributed by atoms with Crippen LogP contribution in [0.5, 0.6) is 0 Å². The number of halogens is 4. The summed E-state index contributed by atoms with van der Waals surface area (Å²) in [5.74, 6) is -1.61. The molecule has 2 rings (SSSR count). The van der Waals surface area contributed by atoms with Gasteiger partial charge >= 0.3 is 0 Å². The summed E-state index contributed by atoms with van der Waals surface area (Å²) in [5.41, 5.74) is 1.27. The Morgan fingerprint density at radius 3 is 2.67 bits per heavy atom. The second-order valence-corrected chi connectivity index (χ2v) is 6.08. The summed E-state index contributed by atoms with van der Waals surface area (Å²) in [6.45, 7) is 2.68. The van der Waals surface area contributed by atoms with Crippen molar-refractivity contribution in [1.29, 1.82) is 0 Å². The first kappa shape index (κ1) is 16.4. The molecule has 0 spiro atoms. The molecule has 1 atom stereocenters. The highest BCUT2D eigenvalue weighted by Crippen LogP contribution is 2.27. The summed E-state index contributed by atoms with van der Waals surface area (Å²) in [7, 11) is 0. The van der Waals surface area contributed by atoms with E-state index in [2.05, 4.69) is 21.2 Å². The summed E-state index contributed by atoms with van der Waals surface area (Å²) in [6, 6.07) is 9.65. The summed E-state index contributed by atoms with van der Waals surface area (Å²) in [4.78, 5) is 0. The molecule has 5 heteroatoms. The predicted octanol–water partition coefficient (Wildman–Crippen LogP) is 5.27. The zero-order chi connectivity index (χ0) is 15.4. The Hall–Kier alpha value is -0.970. The molecule has 0 radical (unpaired) electrons. The van der Waals surface area contributed by atoms with Crippen molar-refractivity contribution in [2.45, 2.75) is 19.4 Å². The highest BCUT2D eigenvalue weighted by Gasteiger charge is 2.16. The van der Waals surface area contributed by atoms with Gasteiger partial charge in [0, 0.05) is 15.5 Å². The average Bonchev–Trinajstić information content (AvgIpc) is 2.42. The van der Waals surface area contributed by atoms with Crippen LogP contribution in [0.2, 0.25) is 5.02 Å². The monoisotopic (exact) mass is 373 g/mol. The lowest BCUT2D eigenvalue weighted by Gasteiger charge is -2.19. The second-order valence-electron chi connectivity index (χ2n) is 4.73. The quantitative estimate of drug-likeness (QED) is 0.751. The summed E-state index contributed by atoms with van der Waals surface area (Å²) >= 11 is 9.46. The number of rotatable bonds is 5. The topological polar surface area (TPSA) is 12.0 Å². The molecule has 0 aliphatic rings. The van der Waals surface area contributed by atoms with E-state index in [0.717, 1.165) is 16.1 Å². The van der Waals surface area contributed by atoms with E-state index in [1.165, 1.54) is 6.07 Å². The summed E-state index contributed by atoms with van der Waals surface area (Å²) in [6.07, 6.45) is 0.351. The number of hydrogen-bond donors (Lipinski definition) is 1. The van der Waals surface area contributed by atoms with Crippen molar-refractivity contribution in [3.63, 3.8) is 0 Å². The van der Waals surface area contributed by atoms with E-state index in [0.29, 0.717) is 23.6 Å². The zero-order valence-corrected chi connectivity index (χ0v) is 13.8. The van der Waals surface area contributed by atoms with Gasteiger partial charge < -0.3 is 5.32 Å². The Bertz CT molecular complexity index is 613.